The fraction of sp³-hybridized carbons (Fsp3) is 0. The molecule has 0 saturated heterocycles. The molecular weight excluding hydrogens is 336 g/mol. The van der Waals surface area contributed by atoms with Crippen LogP contribution in [0.2, 0.25) is 5.02 Å². The van der Waals surface area contributed by atoms with Gasteiger partial charge in [-0.05, 0) is 42.5 Å². The molecule has 0 radical (unpaired) electrons. The number of phenolic OH excluding ortho intramolecular Hbond substituents is 1. The van der Waals surface area contributed by atoms with E-state index in [2.05, 4.69) is 0 Å². The van der Waals surface area contributed by atoms with Crippen molar-refractivity contribution in [3.05, 3.63) is 88.9 Å². The molecule has 0 aliphatic rings. The molecule has 1 aromatic heterocycles. The number of aromatic hydroxyl groups is 1. The van der Waals surface area contributed by atoms with Crippen LogP contribution in [0.3, 0.4) is 0 Å². The highest BCUT2D eigenvalue weighted by molar-refractivity contribution is 6.30. The summed E-state index contributed by atoms with van der Waals surface area (Å²) in [6.07, 6.45) is 0. The number of benzene rings is 3. The molecule has 0 unspecified atom stereocenters. The second-order valence-corrected chi connectivity index (χ2v) is 6.13. The fourth-order valence-corrected chi connectivity index (χ4v) is 2.99. The van der Waals surface area contributed by atoms with Crippen LogP contribution in [-0.4, -0.2) is 10.9 Å². The van der Waals surface area contributed by atoms with E-state index in [0.29, 0.717) is 33.1 Å². The number of phenols is 1. The predicted octanol–water partition coefficient (Wildman–Crippen LogP) is 5.69. The number of carbonyl (C=O) groups is 1. The minimum absolute atomic E-state index is 0.114. The van der Waals surface area contributed by atoms with E-state index in [9.17, 15) is 9.90 Å². The zero-order valence-corrected chi connectivity index (χ0v) is 13.8. The maximum Gasteiger partial charge on any atom is 0.197 e. The summed E-state index contributed by atoms with van der Waals surface area (Å²) in [4.78, 5) is 13.1. The van der Waals surface area contributed by atoms with Gasteiger partial charge in [-0.1, -0.05) is 41.9 Å². The Hall–Kier alpha value is -3.04. The Kier molecular flexibility index (Phi) is 3.79. The van der Waals surface area contributed by atoms with E-state index >= 15 is 0 Å². The van der Waals surface area contributed by atoms with Crippen molar-refractivity contribution in [2.45, 2.75) is 0 Å². The average Bonchev–Trinajstić information content (AvgIpc) is 3.01. The first-order valence-electron chi connectivity index (χ1n) is 7.75. The highest BCUT2D eigenvalue weighted by Crippen LogP contribution is 2.36. The molecule has 0 spiro atoms. The van der Waals surface area contributed by atoms with E-state index < -0.39 is 0 Å². The molecule has 0 bridgehead atoms. The monoisotopic (exact) mass is 348 g/mol. The van der Waals surface area contributed by atoms with E-state index in [-0.39, 0.29) is 11.5 Å². The van der Waals surface area contributed by atoms with Gasteiger partial charge in [-0.15, -0.1) is 0 Å². The smallest absolute Gasteiger partial charge is 0.197 e. The van der Waals surface area contributed by atoms with Crippen LogP contribution in [0.25, 0.3) is 22.3 Å². The van der Waals surface area contributed by atoms with Gasteiger partial charge in [0.1, 0.15) is 17.1 Å². The summed E-state index contributed by atoms with van der Waals surface area (Å²) in [5, 5.41) is 11.1. The molecule has 3 aromatic carbocycles. The molecule has 0 aliphatic carbocycles. The molecule has 0 saturated carbocycles. The molecule has 3 nitrogen and oxygen atoms in total. The highest BCUT2D eigenvalue weighted by Gasteiger charge is 2.23. The number of hydrogen-bond acceptors (Lipinski definition) is 3. The fourth-order valence-electron chi connectivity index (χ4n) is 2.87. The summed E-state index contributed by atoms with van der Waals surface area (Å²) in [5.74, 6) is 0.403. The van der Waals surface area contributed by atoms with Gasteiger partial charge in [0.15, 0.2) is 5.78 Å². The number of hydrogen-bond donors (Lipinski definition) is 1. The summed E-state index contributed by atoms with van der Waals surface area (Å²) in [7, 11) is 0. The lowest BCUT2D eigenvalue weighted by Crippen LogP contribution is -2.02. The second-order valence-electron chi connectivity index (χ2n) is 5.69. The summed E-state index contributed by atoms with van der Waals surface area (Å²) >= 11 is 5.92. The molecule has 1 heterocycles. The molecule has 0 amide bonds. The topological polar surface area (TPSA) is 50.4 Å². The Bertz CT molecular complexity index is 1080. The normalized spacial score (nSPS) is 10.9. The van der Waals surface area contributed by atoms with Crippen molar-refractivity contribution in [1.29, 1.82) is 0 Å². The van der Waals surface area contributed by atoms with Gasteiger partial charge >= 0.3 is 0 Å². The highest BCUT2D eigenvalue weighted by atomic mass is 35.5. The lowest BCUT2D eigenvalue weighted by molar-refractivity contribution is 0.104. The van der Waals surface area contributed by atoms with Crippen molar-refractivity contribution < 1.29 is 14.3 Å². The minimum atomic E-state index is -0.153. The summed E-state index contributed by atoms with van der Waals surface area (Å²) < 4.78 is 5.95. The molecule has 0 atom stereocenters. The SMILES string of the molecule is O=C(c1ccc(Cl)cc1)c1c(-c2cccc(O)c2)oc2ccccc12. The Morgan fingerprint density at radius 2 is 1.68 bits per heavy atom. The maximum atomic E-state index is 13.1. The number of halogens is 1. The molecule has 4 aromatic rings. The Morgan fingerprint density at radius 3 is 2.44 bits per heavy atom. The van der Waals surface area contributed by atoms with E-state index in [0.717, 1.165) is 5.39 Å². The number of rotatable bonds is 3. The van der Waals surface area contributed by atoms with Gasteiger partial charge < -0.3 is 9.52 Å². The van der Waals surface area contributed by atoms with Crippen LogP contribution in [0.15, 0.2) is 77.2 Å². The van der Waals surface area contributed by atoms with Crippen LogP contribution in [0.5, 0.6) is 5.75 Å². The summed E-state index contributed by atoms with van der Waals surface area (Å²) in [5.41, 5.74) is 2.27. The number of carbonyl (C=O) groups excluding carboxylic acids is 1. The number of furan rings is 1. The first-order valence-corrected chi connectivity index (χ1v) is 8.12. The van der Waals surface area contributed by atoms with Crippen molar-refractivity contribution in [1.82, 2.24) is 0 Å². The van der Waals surface area contributed by atoms with Gasteiger partial charge in [-0.2, -0.15) is 0 Å². The number of para-hydroxylation sites is 1. The summed E-state index contributed by atoms with van der Waals surface area (Å²) in [6.45, 7) is 0. The largest absolute Gasteiger partial charge is 0.508 e. The van der Waals surface area contributed by atoms with Crippen molar-refractivity contribution in [3.8, 4) is 17.1 Å². The predicted molar refractivity (Wildman–Crippen MR) is 98.2 cm³/mol. The molecule has 0 fully saturated rings. The summed E-state index contributed by atoms with van der Waals surface area (Å²) in [6, 6.07) is 20.8. The lowest BCUT2D eigenvalue weighted by atomic mass is 9.97. The van der Waals surface area contributed by atoms with Crippen LogP contribution in [0, 0.1) is 0 Å². The van der Waals surface area contributed by atoms with Crippen LogP contribution < -0.4 is 0 Å². The minimum Gasteiger partial charge on any atom is -0.508 e. The number of fused-ring (bicyclic) bond motifs is 1. The van der Waals surface area contributed by atoms with Crippen LogP contribution in [0.4, 0.5) is 0 Å². The van der Waals surface area contributed by atoms with Gasteiger partial charge in [-0.25, -0.2) is 0 Å². The molecule has 4 heteroatoms. The Labute approximate surface area is 149 Å². The van der Waals surface area contributed by atoms with Crippen molar-refractivity contribution in [3.63, 3.8) is 0 Å². The molecular formula is C21H13ClO3. The van der Waals surface area contributed by atoms with Crippen LogP contribution >= 0.6 is 11.6 Å². The van der Waals surface area contributed by atoms with Gasteiger partial charge in [-0.3, -0.25) is 4.79 Å². The van der Waals surface area contributed by atoms with Gasteiger partial charge in [0.05, 0.1) is 5.56 Å². The van der Waals surface area contributed by atoms with Gasteiger partial charge in [0.2, 0.25) is 0 Å². The first kappa shape index (κ1) is 15.5. The van der Waals surface area contributed by atoms with Crippen LogP contribution in [-0.2, 0) is 0 Å². The van der Waals surface area contributed by atoms with E-state index in [4.69, 9.17) is 16.0 Å². The molecule has 122 valence electrons. The lowest BCUT2D eigenvalue weighted by Gasteiger charge is -2.04. The molecule has 25 heavy (non-hydrogen) atoms. The van der Waals surface area contributed by atoms with E-state index in [1.165, 1.54) is 0 Å². The average molecular weight is 349 g/mol. The standard InChI is InChI=1S/C21H13ClO3/c22-15-10-8-13(9-11-15)20(24)19-17-6-1-2-7-18(17)25-21(19)14-4-3-5-16(23)12-14/h1-12,23H. The van der Waals surface area contributed by atoms with Crippen molar-refractivity contribution >= 4 is 28.4 Å². The van der Waals surface area contributed by atoms with Crippen LogP contribution in [0.1, 0.15) is 15.9 Å². The second kappa shape index (κ2) is 6.11. The van der Waals surface area contributed by atoms with Gasteiger partial charge in [0.25, 0.3) is 0 Å². The van der Waals surface area contributed by atoms with Crippen molar-refractivity contribution in [2.75, 3.05) is 0 Å². The van der Waals surface area contributed by atoms with E-state index in [1.807, 2.05) is 24.3 Å². The van der Waals surface area contributed by atoms with E-state index in [1.54, 1.807) is 48.5 Å². The first-order chi connectivity index (χ1) is 12.1. The quantitative estimate of drug-likeness (QED) is 0.484. The zero-order chi connectivity index (χ0) is 17.4. The molecule has 4 rings (SSSR count). The third-order valence-corrected chi connectivity index (χ3v) is 4.29. The Balaban J connectivity index is 1.96. The number of ketones is 1. The third kappa shape index (κ3) is 2.79. The zero-order valence-electron chi connectivity index (χ0n) is 13.1. The van der Waals surface area contributed by atoms with Gasteiger partial charge in [0, 0.05) is 21.5 Å². The molecule has 0 aliphatic heterocycles. The van der Waals surface area contributed by atoms with Crippen molar-refractivity contribution in [2.24, 2.45) is 0 Å². The maximum absolute atomic E-state index is 13.1. The molecule has 1 N–H and O–H groups in total. The Morgan fingerprint density at radius 1 is 0.920 bits per heavy atom. The third-order valence-electron chi connectivity index (χ3n) is 4.04.